The number of nitrogens with zero attached hydrogens (tertiary/aromatic N) is 2. The van der Waals surface area contributed by atoms with Crippen LogP contribution in [0.3, 0.4) is 0 Å². The summed E-state index contributed by atoms with van der Waals surface area (Å²) in [6.07, 6.45) is 3.83. The van der Waals surface area contributed by atoms with Gasteiger partial charge in [0.1, 0.15) is 11.8 Å². The maximum absolute atomic E-state index is 12.1. The Labute approximate surface area is 158 Å². The Morgan fingerprint density at radius 1 is 1.48 bits per heavy atom. The number of ether oxygens (including phenoxy) is 1. The van der Waals surface area contributed by atoms with Crippen LogP contribution >= 0.6 is 15.9 Å². The van der Waals surface area contributed by atoms with Crippen molar-refractivity contribution >= 4 is 27.5 Å². The third-order valence-corrected chi connectivity index (χ3v) is 3.72. The Morgan fingerprint density at radius 3 is 2.71 bits per heavy atom. The molecule has 0 N–H and O–H groups in total. The molecule has 21 heavy (non-hydrogen) atoms. The van der Waals surface area contributed by atoms with E-state index < -0.39 is 0 Å². The molecule has 4 nitrogen and oxygen atoms in total. The van der Waals surface area contributed by atoms with Gasteiger partial charge in [-0.25, -0.2) is 6.08 Å². The van der Waals surface area contributed by atoms with Crippen LogP contribution in [0.15, 0.2) is 24.3 Å². The zero-order valence-corrected chi connectivity index (χ0v) is 16.1. The van der Waals surface area contributed by atoms with E-state index in [9.17, 15) is 4.79 Å². The molecule has 0 saturated heterocycles. The molecular weight excluding hydrogens is 409 g/mol. The van der Waals surface area contributed by atoms with Crippen LogP contribution in [-0.2, 0) is 37.5 Å². The van der Waals surface area contributed by atoms with Crippen LogP contribution in [0.1, 0.15) is 18.9 Å². The van der Waals surface area contributed by atoms with Crippen LogP contribution in [0.2, 0.25) is 0 Å². The van der Waals surface area contributed by atoms with Gasteiger partial charge in [0, 0.05) is 39.3 Å². The maximum Gasteiger partial charge on any atom is 0.236 e. The van der Waals surface area contributed by atoms with Crippen LogP contribution in [0.5, 0.6) is 5.75 Å². The number of halogens is 1. The van der Waals surface area contributed by atoms with E-state index in [4.69, 9.17) is 10.00 Å². The number of hydrogen-bond donors (Lipinski definition) is 0. The molecular formula is C15H14BrN2O2Y-. The van der Waals surface area contributed by atoms with Crippen molar-refractivity contribution in [1.29, 1.82) is 5.26 Å². The molecule has 0 aromatic heterocycles. The summed E-state index contributed by atoms with van der Waals surface area (Å²) < 4.78 is 5.21. The minimum atomic E-state index is -0.190. The summed E-state index contributed by atoms with van der Waals surface area (Å²) in [6, 6.07) is 9.26. The smallest absolute Gasteiger partial charge is 0.236 e. The number of carbonyl (C=O) groups is 1. The number of amides is 1. The summed E-state index contributed by atoms with van der Waals surface area (Å²) in [6.45, 7) is 2.57. The summed E-state index contributed by atoms with van der Waals surface area (Å²) in [5.41, 5.74) is 1.73. The van der Waals surface area contributed by atoms with Crippen molar-refractivity contribution in [1.82, 2.24) is 4.90 Å². The van der Waals surface area contributed by atoms with Crippen LogP contribution in [-0.4, -0.2) is 28.8 Å². The van der Waals surface area contributed by atoms with E-state index >= 15 is 0 Å². The molecule has 1 aliphatic heterocycles. The molecule has 1 heterocycles. The minimum Gasteiger partial charge on any atom is -0.479 e. The molecule has 0 saturated carbocycles. The molecule has 6 heteroatoms. The Morgan fingerprint density at radius 2 is 2.14 bits per heavy atom. The van der Waals surface area contributed by atoms with Crippen molar-refractivity contribution in [3.8, 4) is 11.8 Å². The first-order valence-corrected chi connectivity index (χ1v) is 7.25. The Hall–Kier alpha value is -0.696. The molecule has 1 aliphatic rings. The number of hydrogen-bond acceptors (Lipinski definition) is 3. The maximum atomic E-state index is 12.1. The Kier molecular flexibility index (Phi) is 7.58. The van der Waals surface area contributed by atoms with Crippen molar-refractivity contribution in [2.24, 2.45) is 0 Å². The number of rotatable bonds is 4. The third-order valence-electron chi connectivity index (χ3n) is 3.00. The zero-order valence-electron chi connectivity index (χ0n) is 11.7. The molecule has 1 unspecified atom stereocenters. The van der Waals surface area contributed by atoms with Crippen LogP contribution < -0.4 is 4.74 Å². The van der Waals surface area contributed by atoms with Crippen molar-refractivity contribution in [2.75, 3.05) is 13.2 Å². The number of benzene rings is 1. The standard InChI is InChI=1S/C15H14BrN2O2.Y/c1-2-18-14(8-7-13(16)15(18)19)11-3-5-12(6-4-11)20-10-9-17;/h3-6,13H,2,7,10H2,1H3;/q-1;. The van der Waals surface area contributed by atoms with Gasteiger partial charge in [0.25, 0.3) is 0 Å². The first-order chi connectivity index (χ1) is 9.67. The molecule has 0 fully saturated rings. The third kappa shape index (κ3) is 4.39. The molecule has 0 bridgehead atoms. The van der Waals surface area contributed by atoms with E-state index in [-0.39, 0.29) is 50.1 Å². The fourth-order valence-electron chi connectivity index (χ4n) is 2.04. The predicted octanol–water partition coefficient (Wildman–Crippen LogP) is 2.75. The van der Waals surface area contributed by atoms with Gasteiger partial charge in [0.15, 0.2) is 6.61 Å². The molecule has 1 aromatic carbocycles. The number of alkyl halides is 1. The summed E-state index contributed by atoms with van der Waals surface area (Å²) in [5, 5.41) is 8.47. The van der Waals surface area contributed by atoms with Gasteiger partial charge >= 0.3 is 0 Å². The SMILES string of the molecule is CCN1C(=O)C(Br)C[C-]=C1c1ccc(OCC#N)cc1.[Y]. The van der Waals surface area contributed by atoms with Crippen molar-refractivity contribution in [3.05, 3.63) is 35.9 Å². The minimum absolute atomic E-state index is 0. The summed E-state index contributed by atoms with van der Waals surface area (Å²) >= 11 is 3.36. The fraction of sp³-hybridized carbons (Fsp3) is 0.333. The van der Waals surface area contributed by atoms with Crippen LogP contribution in [0.25, 0.3) is 5.70 Å². The van der Waals surface area contributed by atoms with E-state index in [0.717, 1.165) is 11.3 Å². The van der Waals surface area contributed by atoms with E-state index in [2.05, 4.69) is 22.0 Å². The predicted molar refractivity (Wildman–Crippen MR) is 78.9 cm³/mol. The number of carbonyl (C=O) groups excluding carboxylic acids is 1. The van der Waals surface area contributed by atoms with Gasteiger partial charge in [-0.05, 0) is 19.1 Å². The topological polar surface area (TPSA) is 53.3 Å². The van der Waals surface area contributed by atoms with Gasteiger partial charge in [-0.2, -0.15) is 10.8 Å². The molecule has 1 aromatic rings. The fourth-order valence-corrected chi connectivity index (χ4v) is 2.45. The average Bonchev–Trinajstić information content (AvgIpc) is 2.48. The van der Waals surface area contributed by atoms with Crippen molar-refractivity contribution in [3.63, 3.8) is 0 Å². The Bertz CT molecular complexity index is 566. The van der Waals surface area contributed by atoms with Crippen LogP contribution in [0.4, 0.5) is 0 Å². The van der Waals surface area contributed by atoms with Gasteiger partial charge in [-0.3, -0.25) is 4.79 Å². The van der Waals surface area contributed by atoms with E-state index in [1.807, 2.05) is 25.1 Å². The number of allylic oxidation sites excluding steroid dienone is 1. The summed E-state index contributed by atoms with van der Waals surface area (Å²) in [7, 11) is 0. The molecule has 0 spiro atoms. The first kappa shape index (κ1) is 18.4. The molecule has 1 amide bonds. The summed E-state index contributed by atoms with van der Waals surface area (Å²) in [4.78, 5) is 13.6. The average molecular weight is 423 g/mol. The molecule has 1 atom stereocenters. The first-order valence-electron chi connectivity index (χ1n) is 6.33. The van der Waals surface area contributed by atoms with Crippen molar-refractivity contribution in [2.45, 2.75) is 18.2 Å². The van der Waals surface area contributed by atoms with E-state index in [0.29, 0.717) is 18.7 Å². The van der Waals surface area contributed by atoms with Gasteiger partial charge in [-0.15, -0.1) is 17.8 Å². The van der Waals surface area contributed by atoms with Gasteiger partial charge in [0.05, 0.1) is 4.83 Å². The quantitative estimate of drug-likeness (QED) is 0.553. The number of nitriles is 1. The monoisotopic (exact) mass is 422 g/mol. The Balaban J connectivity index is 0.00000220. The largest absolute Gasteiger partial charge is 0.479 e. The second-order valence-corrected chi connectivity index (χ2v) is 5.36. The van der Waals surface area contributed by atoms with Crippen molar-refractivity contribution < 1.29 is 42.2 Å². The van der Waals surface area contributed by atoms with Gasteiger partial charge in [0.2, 0.25) is 5.91 Å². The molecule has 1 radical (unpaired) electrons. The molecule has 107 valence electrons. The van der Waals surface area contributed by atoms with Crippen LogP contribution in [0, 0.1) is 17.4 Å². The van der Waals surface area contributed by atoms with E-state index in [1.165, 1.54) is 0 Å². The van der Waals surface area contributed by atoms with Gasteiger partial charge < -0.3 is 9.64 Å². The zero-order chi connectivity index (χ0) is 14.5. The second kappa shape index (κ2) is 8.68. The van der Waals surface area contributed by atoms with Gasteiger partial charge in [-0.1, -0.05) is 22.4 Å². The summed E-state index contributed by atoms with van der Waals surface area (Å²) in [5.74, 6) is 0.700. The molecule has 0 aliphatic carbocycles. The molecule has 2 rings (SSSR count). The van der Waals surface area contributed by atoms with E-state index in [1.54, 1.807) is 17.0 Å². The second-order valence-electron chi connectivity index (χ2n) is 4.25. The normalized spacial score (nSPS) is 17.6.